The van der Waals surface area contributed by atoms with Crippen molar-refractivity contribution in [3.05, 3.63) is 111 Å². The van der Waals surface area contributed by atoms with E-state index >= 15 is 0 Å². The van der Waals surface area contributed by atoms with Gasteiger partial charge in [0.15, 0.2) is 11.6 Å². The zero-order valence-electron chi connectivity index (χ0n) is 22.1. The predicted octanol–water partition coefficient (Wildman–Crippen LogP) is 7.87. The zero-order valence-corrected chi connectivity index (χ0v) is 23.7. The highest BCUT2D eigenvalue weighted by atomic mass is 32.1. The van der Waals surface area contributed by atoms with Crippen LogP contribution in [0, 0.1) is 0 Å². The molecule has 6 nitrogen and oxygen atoms in total. The van der Waals surface area contributed by atoms with Crippen molar-refractivity contribution in [3.8, 4) is 9.75 Å². The number of benzene rings is 2. The molecule has 228 valence electrons. The topological polar surface area (TPSA) is 101 Å². The Balaban J connectivity index is 1.74. The van der Waals surface area contributed by atoms with Crippen LogP contribution in [0.25, 0.3) is 15.3 Å². The fourth-order valence-corrected chi connectivity index (χ4v) is 5.76. The molecule has 0 fully saturated rings. The molecule has 2 N–H and O–H groups in total. The average Bonchev–Trinajstić information content (AvgIpc) is 3.67. The van der Waals surface area contributed by atoms with Crippen LogP contribution < -0.4 is 5.32 Å². The highest BCUT2D eigenvalue weighted by molar-refractivity contribution is 7.22. The molecule has 0 aliphatic carbocycles. The predicted molar refractivity (Wildman–Crippen MR) is 152 cm³/mol. The minimum atomic E-state index is -5.18. The fourth-order valence-electron chi connectivity index (χ4n) is 3.91. The first-order chi connectivity index (χ1) is 20.6. The van der Waals surface area contributed by atoms with Crippen molar-refractivity contribution in [1.29, 1.82) is 0 Å². The lowest BCUT2D eigenvalue weighted by atomic mass is 9.96. The molecule has 2 aromatic carbocycles. The highest BCUT2D eigenvalue weighted by Crippen LogP contribution is 2.38. The van der Waals surface area contributed by atoms with Crippen molar-refractivity contribution in [2.24, 2.45) is 0 Å². The summed E-state index contributed by atoms with van der Waals surface area (Å²) in [6.07, 6.45) is -9.96. The van der Waals surface area contributed by atoms with Crippen molar-refractivity contribution in [2.45, 2.75) is 18.8 Å². The molecule has 0 spiro atoms. The number of carbonyl (C=O) groups is 4. The van der Waals surface area contributed by atoms with Crippen LogP contribution in [0.5, 0.6) is 0 Å². The summed E-state index contributed by atoms with van der Waals surface area (Å²) in [6, 6.07) is 12.3. The number of hydrogen-bond donors (Lipinski definition) is 2. The van der Waals surface area contributed by atoms with Gasteiger partial charge in [0.05, 0.1) is 17.5 Å². The van der Waals surface area contributed by atoms with Crippen molar-refractivity contribution >= 4 is 51.7 Å². The molecule has 0 radical (unpaired) electrons. The summed E-state index contributed by atoms with van der Waals surface area (Å²) >= 11 is 2.48. The Bertz CT molecular complexity index is 1700. The van der Waals surface area contributed by atoms with Gasteiger partial charge in [0.25, 0.3) is 5.91 Å². The number of thiophene rings is 2. The molecular formula is C30H19F6NO5S2. The van der Waals surface area contributed by atoms with Crippen LogP contribution in [-0.4, -0.2) is 35.1 Å². The van der Waals surface area contributed by atoms with Gasteiger partial charge in [0, 0.05) is 43.4 Å². The van der Waals surface area contributed by atoms with Crippen molar-refractivity contribution in [1.82, 2.24) is 5.32 Å². The van der Waals surface area contributed by atoms with E-state index in [4.69, 9.17) is 5.11 Å². The van der Waals surface area contributed by atoms with E-state index in [1.54, 1.807) is 18.2 Å². The number of amides is 1. The zero-order chi connectivity index (χ0) is 32.2. The van der Waals surface area contributed by atoms with Gasteiger partial charge in [-0.3, -0.25) is 19.2 Å². The number of aliphatic carboxylic acids is 1. The Morgan fingerprint density at radius 3 is 1.93 bits per heavy atom. The van der Waals surface area contributed by atoms with E-state index in [0.717, 1.165) is 16.2 Å². The number of allylic oxidation sites excluding steroid dienone is 2. The van der Waals surface area contributed by atoms with E-state index in [0.29, 0.717) is 23.1 Å². The minimum Gasteiger partial charge on any atom is -0.481 e. The van der Waals surface area contributed by atoms with Crippen LogP contribution in [0.2, 0.25) is 0 Å². The van der Waals surface area contributed by atoms with Crippen LogP contribution in [0.1, 0.15) is 53.5 Å². The van der Waals surface area contributed by atoms with Gasteiger partial charge in [0.2, 0.25) is 0 Å². The fraction of sp³-hybridized carbons (Fsp3) is 0.133. The molecule has 0 aliphatic rings. The summed E-state index contributed by atoms with van der Waals surface area (Å²) in [4.78, 5) is 51.5. The molecule has 0 saturated heterocycles. The monoisotopic (exact) mass is 651 g/mol. The van der Waals surface area contributed by atoms with E-state index in [9.17, 15) is 45.5 Å². The minimum absolute atomic E-state index is 0.0303. The van der Waals surface area contributed by atoms with Gasteiger partial charge in [-0.2, -0.15) is 26.3 Å². The molecule has 14 heteroatoms. The van der Waals surface area contributed by atoms with Gasteiger partial charge in [-0.1, -0.05) is 18.2 Å². The second-order valence-electron chi connectivity index (χ2n) is 9.16. The van der Waals surface area contributed by atoms with Crippen LogP contribution >= 0.6 is 22.7 Å². The van der Waals surface area contributed by atoms with Crippen molar-refractivity contribution in [2.75, 3.05) is 6.54 Å². The maximum atomic E-state index is 13.7. The van der Waals surface area contributed by atoms with Crippen LogP contribution in [-0.2, 0) is 17.1 Å². The number of nitrogens with one attached hydrogen (secondary N) is 1. The number of halogens is 6. The van der Waals surface area contributed by atoms with Gasteiger partial charge in [-0.25, -0.2) is 0 Å². The van der Waals surface area contributed by atoms with Gasteiger partial charge >= 0.3 is 18.3 Å². The Labute approximate surface area is 253 Å². The van der Waals surface area contributed by atoms with E-state index in [2.05, 4.69) is 5.32 Å². The lowest BCUT2D eigenvalue weighted by Gasteiger charge is -2.13. The number of ketones is 2. The van der Waals surface area contributed by atoms with Crippen molar-refractivity contribution in [3.63, 3.8) is 0 Å². The molecule has 0 atom stereocenters. The van der Waals surface area contributed by atoms with E-state index in [1.165, 1.54) is 41.7 Å². The smallest absolute Gasteiger partial charge is 0.416 e. The second kappa shape index (κ2) is 13.0. The van der Waals surface area contributed by atoms with Crippen molar-refractivity contribution < 1.29 is 50.6 Å². The molecule has 0 bridgehead atoms. The van der Waals surface area contributed by atoms with E-state index in [-0.39, 0.29) is 40.6 Å². The second-order valence-corrected chi connectivity index (χ2v) is 11.2. The maximum Gasteiger partial charge on any atom is 0.416 e. The Kier molecular flexibility index (Phi) is 9.54. The summed E-state index contributed by atoms with van der Waals surface area (Å²) in [7, 11) is 0. The molecule has 4 rings (SSSR count). The largest absolute Gasteiger partial charge is 0.481 e. The van der Waals surface area contributed by atoms with Gasteiger partial charge < -0.3 is 10.4 Å². The number of hydrogen-bond acceptors (Lipinski definition) is 6. The Morgan fingerprint density at radius 2 is 1.39 bits per heavy atom. The summed E-state index contributed by atoms with van der Waals surface area (Å²) in [5.41, 5.74) is -4.49. The standard InChI is InChI=1S/C30H19F6NO5S2/c31-29(32,33)19-12-18(13-20(14-19)30(34,35)36)22(38)15-21(23-7-8-25(44-23)24-2-1-11-43-24)27(41)16-3-5-17(6-4-16)28(42)37-10-9-26(39)40/h1-8,11-15H,9-10H2,(H,37,42)(H,39,40)/b21-15-. The first-order valence-corrected chi connectivity index (χ1v) is 14.2. The van der Waals surface area contributed by atoms with Gasteiger partial charge in [-0.15, -0.1) is 22.7 Å². The summed E-state index contributed by atoms with van der Waals surface area (Å²) in [5, 5.41) is 12.9. The summed E-state index contributed by atoms with van der Waals surface area (Å²) < 4.78 is 80.4. The van der Waals surface area contributed by atoms with Crippen LogP contribution in [0.4, 0.5) is 26.3 Å². The number of carboxylic acid groups (broad SMARTS) is 1. The summed E-state index contributed by atoms with van der Waals surface area (Å²) in [6.45, 7) is -0.139. The molecule has 0 unspecified atom stereocenters. The third kappa shape index (κ3) is 7.88. The quantitative estimate of drug-likeness (QED) is 0.103. The van der Waals surface area contributed by atoms with Crippen LogP contribution in [0.15, 0.2) is 78.2 Å². The number of rotatable bonds is 10. The van der Waals surface area contributed by atoms with E-state index in [1.807, 2.05) is 5.38 Å². The maximum absolute atomic E-state index is 13.7. The molecule has 44 heavy (non-hydrogen) atoms. The first-order valence-electron chi connectivity index (χ1n) is 12.5. The number of Topliss-reactive ketones (excluding diaryl/α,β-unsaturated/α-hetero) is 1. The average molecular weight is 652 g/mol. The molecule has 4 aromatic rings. The lowest BCUT2D eigenvalue weighted by molar-refractivity contribution is -0.143. The molecular weight excluding hydrogens is 632 g/mol. The molecule has 0 aliphatic heterocycles. The Morgan fingerprint density at radius 1 is 0.773 bits per heavy atom. The van der Waals surface area contributed by atoms with Crippen LogP contribution in [0.3, 0.4) is 0 Å². The normalized spacial score (nSPS) is 12.2. The number of alkyl halides is 6. The Hall–Kier alpha value is -4.56. The number of carbonyl (C=O) groups excluding carboxylic acids is 3. The van der Waals surface area contributed by atoms with E-state index < -0.39 is 52.5 Å². The molecule has 1 amide bonds. The third-order valence-electron chi connectivity index (χ3n) is 6.06. The lowest BCUT2D eigenvalue weighted by Crippen LogP contribution is -2.26. The first kappa shape index (κ1) is 32.4. The molecule has 2 aromatic heterocycles. The highest BCUT2D eigenvalue weighted by Gasteiger charge is 2.37. The number of carboxylic acids is 1. The van der Waals surface area contributed by atoms with Gasteiger partial charge in [-0.05, 0) is 60.0 Å². The molecule has 2 heterocycles. The SMILES string of the molecule is O=C(O)CCNC(=O)c1ccc(C(=O)/C(=C\C(=O)c2cc(C(F)(F)F)cc(C(F)(F)F)c2)c2ccc(-c3cccs3)s2)cc1. The molecule has 0 saturated carbocycles. The third-order valence-corrected chi connectivity index (χ3v) is 8.25. The van der Waals surface area contributed by atoms with Gasteiger partial charge in [0.1, 0.15) is 0 Å². The summed E-state index contributed by atoms with van der Waals surface area (Å²) in [5.74, 6) is -3.76.